The minimum absolute atomic E-state index is 0.401. The Labute approximate surface area is 61.7 Å². The zero-order chi connectivity index (χ0) is 6.74. The van der Waals surface area contributed by atoms with E-state index in [1.807, 2.05) is 11.8 Å². The van der Waals surface area contributed by atoms with Gasteiger partial charge in [0.05, 0.1) is 0 Å². The first-order valence-electron chi connectivity index (χ1n) is 3.54. The molecule has 1 unspecified atom stereocenters. The van der Waals surface area contributed by atoms with E-state index in [1.54, 1.807) is 0 Å². The van der Waals surface area contributed by atoms with E-state index in [9.17, 15) is 0 Å². The van der Waals surface area contributed by atoms with Gasteiger partial charge in [-0.15, -0.1) is 6.58 Å². The van der Waals surface area contributed by atoms with Crippen molar-refractivity contribution in [1.29, 1.82) is 0 Å². The van der Waals surface area contributed by atoms with Gasteiger partial charge in [-0.3, -0.25) is 0 Å². The predicted octanol–water partition coefficient (Wildman–Crippen LogP) is 2.85. The first kappa shape index (κ1) is 7.20. The topological polar surface area (TPSA) is 0 Å². The number of thioether (sulfide) groups is 1. The van der Waals surface area contributed by atoms with E-state index in [2.05, 4.69) is 19.6 Å². The molecule has 0 aromatic heterocycles. The van der Waals surface area contributed by atoms with Crippen LogP contribution in [0.15, 0.2) is 12.7 Å². The van der Waals surface area contributed by atoms with Crippen LogP contribution in [0.3, 0.4) is 0 Å². The third-order valence-electron chi connectivity index (χ3n) is 1.93. The van der Waals surface area contributed by atoms with Crippen molar-refractivity contribution in [2.75, 3.05) is 5.75 Å². The quantitative estimate of drug-likeness (QED) is 0.507. The molecule has 0 aromatic carbocycles. The Hall–Kier alpha value is 0.0900. The van der Waals surface area contributed by atoms with E-state index in [0.29, 0.717) is 4.75 Å². The van der Waals surface area contributed by atoms with Gasteiger partial charge >= 0.3 is 0 Å². The lowest BCUT2D eigenvalue weighted by atomic mass is 10.0. The van der Waals surface area contributed by atoms with Gasteiger partial charge < -0.3 is 0 Å². The molecule has 0 radical (unpaired) electrons. The summed E-state index contributed by atoms with van der Waals surface area (Å²) in [6, 6.07) is 0. The molecular formula is C8H14S. The maximum Gasteiger partial charge on any atom is 0.0308 e. The molecule has 0 aliphatic carbocycles. The second-order valence-corrected chi connectivity index (χ2v) is 4.45. The summed E-state index contributed by atoms with van der Waals surface area (Å²) >= 11 is 2.05. The molecule has 0 bridgehead atoms. The van der Waals surface area contributed by atoms with Gasteiger partial charge in [0, 0.05) is 4.75 Å². The van der Waals surface area contributed by atoms with Crippen LogP contribution < -0.4 is 0 Å². The molecule has 1 atom stereocenters. The van der Waals surface area contributed by atoms with Crippen LogP contribution in [-0.4, -0.2) is 10.5 Å². The van der Waals surface area contributed by atoms with Gasteiger partial charge in [-0.05, 0) is 25.5 Å². The fourth-order valence-corrected chi connectivity index (χ4v) is 2.34. The molecule has 0 amide bonds. The second-order valence-electron chi connectivity index (χ2n) is 2.82. The van der Waals surface area contributed by atoms with E-state index < -0.39 is 0 Å². The van der Waals surface area contributed by atoms with Crippen LogP contribution in [0.4, 0.5) is 0 Å². The highest BCUT2D eigenvalue weighted by Gasteiger charge is 2.22. The summed E-state index contributed by atoms with van der Waals surface area (Å²) in [5, 5.41) is 0. The lowest BCUT2D eigenvalue weighted by molar-refractivity contribution is 0.617. The standard InChI is InChI=1S/C8H14S/c1-3-8(2)6-4-5-7-9-8/h3H,1,4-7H2,2H3. The predicted molar refractivity (Wildman–Crippen MR) is 44.9 cm³/mol. The van der Waals surface area contributed by atoms with Crippen molar-refractivity contribution >= 4 is 11.8 Å². The number of hydrogen-bond donors (Lipinski definition) is 0. The molecule has 1 rings (SSSR count). The number of rotatable bonds is 1. The highest BCUT2D eigenvalue weighted by molar-refractivity contribution is 8.00. The van der Waals surface area contributed by atoms with E-state index in [0.717, 1.165) is 0 Å². The lowest BCUT2D eigenvalue weighted by Crippen LogP contribution is -2.20. The average Bonchev–Trinajstić information content (AvgIpc) is 1.90. The highest BCUT2D eigenvalue weighted by Crippen LogP contribution is 2.36. The highest BCUT2D eigenvalue weighted by atomic mass is 32.2. The molecule has 0 N–H and O–H groups in total. The monoisotopic (exact) mass is 142 g/mol. The minimum Gasteiger partial charge on any atom is -0.151 e. The summed E-state index contributed by atoms with van der Waals surface area (Å²) in [4.78, 5) is 0. The minimum atomic E-state index is 0.401. The van der Waals surface area contributed by atoms with E-state index in [1.165, 1.54) is 25.0 Å². The summed E-state index contributed by atoms with van der Waals surface area (Å²) < 4.78 is 0.401. The van der Waals surface area contributed by atoms with Crippen LogP contribution in [0.25, 0.3) is 0 Å². The van der Waals surface area contributed by atoms with Crippen molar-refractivity contribution in [3.05, 3.63) is 12.7 Å². The van der Waals surface area contributed by atoms with Crippen LogP contribution >= 0.6 is 11.8 Å². The van der Waals surface area contributed by atoms with Crippen molar-refractivity contribution in [1.82, 2.24) is 0 Å². The molecule has 1 fully saturated rings. The molecule has 1 aliphatic heterocycles. The van der Waals surface area contributed by atoms with Crippen molar-refractivity contribution in [2.24, 2.45) is 0 Å². The largest absolute Gasteiger partial charge is 0.151 e. The van der Waals surface area contributed by atoms with Crippen LogP contribution in [0.1, 0.15) is 26.2 Å². The fourth-order valence-electron chi connectivity index (χ4n) is 1.12. The van der Waals surface area contributed by atoms with Gasteiger partial charge in [-0.2, -0.15) is 11.8 Å². The molecule has 9 heavy (non-hydrogen) atoms. The molecular weight excluding hydrogens is 128 g/mol. The van der Waals surface area contributed by atoms with Crippen LogP contribution in [-0.2, 0) is 0 Å². The van der Waals surface area contributed by atoms with E-state index in [4.69, 9.17) is 0 Å². The Morgan fingerprint density at radius 3 is 2.67 bits per heavy atom. The van der Waals surface area contributed by atoms with Crippen LogP contribution in [0.5, 0.6) is 0 Å². The molecule has 1 heterocycles. The van der Waals surface area contributed by atoms with Gasteiger partial charge in [-0.1, -0.05) is 12.5 Å². The molecule has 1 heteroatoms. The van der Waals surface area contributed by atoms with Crippen molar-refractivity contribution < 1.29 is 0 Å². The molecule has 0 nitrogen and oxygen atoms in total. The summed E-state index contributed by atoms with van der Waals surface area (Å²) in [5.41, 5.74) is 0. The van der Waals surface area contributed by atoms with Gasteiger partial charge in [0.25, 0.3) is 0 Å². The van der Waals surface area contributed by atoms with E-state index >= 15 is 0 Å². The molecule has 0 saturated carbocycles. The molecule has 1 saturated heterocycles. The number of hydrogen-bond acceptors (Lipinski definition) is 1. The Bertz CT molecular complexity index is 101. The SMILES string of the molecule is C=CC1(C)CCCCS1. The lowest BCUT2D eigenvalue weighted by Gasteiger charge is -2.29. The smallest absolute Gasteiger partial charge is 0.0308 e. The Kier molecular flexibility index (Phi) is 2.23. The molecule has 0 spiro atoms. The maximum absolute atomic E-state index is 3.84. The van der Waals surface area contributed by atoms with Crippen molar-refractivity contribution in [3.63, 3.8) is 0 Å². The first-order valence-corrected chi connectivity index (χ1v) is 4.53. The fraction of sp³-hybridized carbons (Fsp3) is 0.750. The average molecular weight is 142 g/mol. The Balaban J connectivity index is 2.46. The van der Waals surface area contributed by atoms with Gasteiger partial charge in [0.15, 0.2) is 0 Å². The first-order chi connectivity index (χ1) is 4.27. The third-order valence-corrected chi connectivity index (χ3v) is 3.45. The van der Waals surface area contributed by atoms with Crippen molar-refractivity contribution in [3.8, 4) is 0 Å². The van der Waals surface area contributed by atoms with Gasteiger partial charge in [0.1, 0.15) is 0 Å². The van der Waals surface area contributed by atoms with Gasteiger partial charge in [0.2, 0.25) is 0 Å². The zero-order valence-electron chi connectivity index (χ0n) is 6.02. The summed E-state index contributed by atoms with van der Waals surface area (Å²) in [5.74, 6) is 1.32. The second kappa shape index (κ2) is 2.78. The Morgan fingerprint density at radius 1 is 1.56 bits per heavy atom. The normalized spacial score (nSPS) is 36.1. The Morgan fingerprint density at radius 2 is 2.33 bits per heavy atom. The molecule has 0 aromatic rings. The summed E-state index contributed by atoms with van der Waals surface area (Å²) in [7, 11) is 0. The van der Waals surface area contributed by atoms with Gasteiger partial charge in [-0.25, -0.2) is 0 Å². The van der Waals surface area contributed by atoms with Crippen molar-refractivity contribution in [2.45, 2.75) is 30.9 Å². The zero-order valence-corrected chi connectivity index (χ0v) is 6.84. The summed E-state index contributed by atoms with van der Waals surface area (Å²) in [6.45, 7) is 6.12. The maximum atomic E-state index is 3.84. The van der Waals surface area contributed by atoms with Crippen LogP contribution in [0, 0.1) is 0 Å². The summed E-state index contributed by atoms with van der Waals surface area (Å²) in [6.07, 6.45) is 6.20. The van der Waals surface area contributed by atoms with E-state index in [-0.39, 0.29) is 0 Å². The van der Waals surface area contributed by atoms with Crippen LogP contribution in [0.2, 0.25) is 0 Å². The molecule has 52 valence electrons. The molecule has 1 aliphatic rings. The third kappa shape index (κ3) is 1.75.